The second kappa shape index (κ2) is 4.60. The zero-order chi connectivity index (χ0) is 15.3. The summed E-state index contributed by atoms with van der Waals surface area (Å²) in [6.07, 6.45) is 5.85. The molecule has 0 bridgehead atoms. The highest BCUT2D eigenvalue weighted by atomic mass is 35.5. The Hall–Kier alpha value is -1.81. The maximum absolute atomic E-state index is 14.6. The summed E-state index contributed by atoms with van der Waals surface area (Å²) in [4.78, 5) is 0. The predicted molar refractivity (Wildman–Crippen MR) is 81.7 cm³/mol. The molecule has 1 aromatic carbocycles. The minimum atomic E-state index is -0.390. The fourth-order valence-corrected chi connectivity index (χ4v) is 2.95. The molecule has 1 fully saturated rings. The topological polar surface area (TPSA) is 22.8 Å². The van der Waals surface area contributed by atoms with E-state index in [2.05, 4.69) is 5.10 Å². The van der Waals surface area contributed by atoms with Crippen LogP contribution in [0.5, 0.6) is 0 Å². The van der Waals surface area contributed by atoms with Crippen LogP contribution in [-0.4, -0.2) is 14.3 Å². The summed E-state index contributed by atoms with van der Waals surface area (Å²) >= 11 is 5.97. The van der Waals surface area contributed by atoms with Crippen molar-refractivity contribution >= 4 is 22.5 Å². The van der Waals surface area contributed by atoms with Gasteiger partial charge < -0.3 is 4.57 Å². The number of hydrogen-bond donors (Lipinski definition) is 0. The number of rotatable bonds is 3. The molecular formula is C16H15ClFN3. The van der Waals surface area contributed by atoms with E-state index in [0.29, 0.717) is 18.0 Å². The van der Waals surface area contributed by atoms with Gasteiger partial charge in [-0.05, 0) is 37.8 Å². The van der Waals surface area contributed by atoms with Gasteiger partial charge in [0.15, 0.2) is 5.82 Å². The van der Waals surface area contributed by atoms with Crippen molar-refractivity contribution in [3.05, 3.63) is 47.1 Å². The highest BCUT2D eigenvalue weighted by Gasteiger charge is 2.29. The lowest BCUT2D eigenvalue weighted by atomic mass is 10.2. The van der Waals surface area contributed by atoms with E-state index in [1.807, 2.05) is 22.9 Å². The zero-order valence-electron chi connectivity index (χ0n) is 12.4. The van der Waals surface area contributed by atoms with Crippen molar-refractivity contribution in [1.29, 1.82) is 0 Å². The molecule has 0 spiro atoms. The molecule has 0 radical (unpaired) electrons. The summed E-state index contributed by atoms with van der Waals surface area (Å²) in [7, 11) is 0. The van der Waals surface area contributed by atoms with Crippen molar-refractivity contribution in [2.24, 2.45) is 0 Å². The number of halogens is 2. The average molecular weight is 305 g/mol. The van der Waals surface area contributed by atoms with Crippen LogP contribution >= 0.6 is 11.6 Å². The number of hydrogen-bond acceptors (Lipinski definition) is 1. The van der Waals surface area contributed by atoms with E-state index >= 15 is 0 Å². The van der Waals surface area contributed by atoms with Gasteiger partial charge in [-0.15, -0.1) is 0 Å². The summed E-state index contributed by atoms with van der Waals surface area (Å²) in [5, 5.41) is 5.25. The first kappa shape index (κ1) is 11.8. The molecule has 3 aromatic rings. The molecule has 1 aliphatic rings. The van der Waals surface area contributed by atoms with E-state index in [1.54, 1.807) is 16.9 Å². The lowest BCUT2D eigenvalue weighted by Crippen LogP contribution is -2.00. The Morgan fingerprint density at radius 2 is 2.33 bits per heavy atom. The number of aryl methyl sites for hydroxylation is 1. The Bertz CT molecular complexity index is 851. The molecule has 21 heavy (non-hydrogen) atoms. The normalized spacial score (nSPS) is 15.6. The lowest BCUT2D eigenvalue weighted by Gasteiger charge is -2.08. The number of fused-ring (bicyclic) bond motifs is 1. The van der Waals surface area contributed by atoms with E-state index in [-0.39, 0.29) is 17.7 Å². The maximum Gasteiger partial charge on any atom is 0.166 e. The molecule has 3 nitrogen and oxygen atoms in total. The van der Waals surface area contributed by atoms with Crippen molar-refractivity contribution in [1.82, 2.24) is 14.3 Å². The van der Waals surface area contributed by atoms with Crippen molar-refractivity contribution in [3.8, 4) is 5.69 Å². The Balaban J connectivity index is 1.96. The molecule has 1 saturated carbocycles. The smallest absolute Gasteiger partial charge is 0.166 e. The van der Waals surface area contributed by atoms with Crippen LogP contribution < -0.4 is 0 Å². The molecule has 2 heterocycles. The first-order valence-electron chi connectivity index (χ1n) is 7.71. The van der Waals surface area contributed by atoms with Gasteiger partial charge in [0.05, 0.1) is 22.4 Å². The summed E-state index contributed by atoms with van der Waals surface area (Å²) in [5.41, 5.74) is 2.45. The molecule has 5 heteroatoms. The fourth-order valence-electron chi connectivity index (χ4n) is 2.80. The van der Waals surface area contributed by atoms with Crippen molar-refractivity contribution in [3.63, 3.8) is 0 Å². The predicted octanol–water partition coefficient (Wildman–Crippen LogP) is 4.52. The van der Waals surface area contributed by atoms with Crippen LogP contribution in [-0.2, 0) is 6.54 Å². The van der Waals surface area contributed by atoms with Gasteiger partial charge in [0, 0.05) is 25.2 Å². The molecule has 1 aliphatic carbocycles. The first-order valence-corrected chi connectivity index (χ1v) is 7.38. The minimum absolute atomic E-state index is 0.132. The highest BCUT2D eigenvalue weighted by Crippen LogP contribution is 2.44. The Labute approximate surface area is 128 Å². The third kappa shape index (κ3) is 1.97. The van der Waals surface area contributed by atoms with Gasteiger partial charge in [-0.2, -0.15) is 5.10 Å². The number of nitrogens with zero attached hydrogens (tertiary/aromatic N) is 3. The van der Waals surface area contributed by atoms with Crippen molar-refractivity contribution in [2.75, 3.05) is 0 Å². The van der Waals surface area contributed by atoms with Gasteiger partial charge in [0.2, 0.25) is 0 Å². The van der Waals surface area contributed by atoms with E-state index in [9.17, 15) is 4.39 Å². The van der Waals surface area contributed by atoms with Crippen LogP contribution in [0.3, 0.4) is 0 Å². The summed E-state index contributed by atoms with van der Waals surface area (Å²) < 4.78 is 25.5. The zero-order valence-corrected chi connectivity index (χ0v) is 12.1. The lowest BCUT2D eigenvalue weighted by molar-refractivity contribution is 0.634. The molecule has 2 aromatic heterocycles. The monoisotopic (exact) mass is 304 g/mol. The quantitative estimate of drug-likeness (QED) is 0.697. The van der Waals surface area contributed by atoms with Gasteiger partial charge in [0.25, 0.3) is 0 Å². The Kier molecular flexibility index (Phi) is 2.59. The first-order chi connectivity index (χ1) is 10.7. The third-order valence-corrected chi connectivity index (χ3v) is 4.28. The van der Waals surface area contributed by atoms with Crippen LogP contribution in [0.15, 0.2) is 30.6 Å². The largest absolute Gasteiger partial charge is 0.308 e. The van der Waals surface area contributed by atoms with E-state index in [1.165, 1.54) is 0 Å². The standard InChI is InChI=1S/C16H15ClFN3/c1-2-20-9-12(8-19-20)21-14(10-3-4-10)7-11-5-6-13(17)15(18)16(11)21/h5-10H,2-4H2,1H3/i1D. The van der Waals surface area contributed by atoms with Gasteiger partial charge in [-0.25, -0.2) is 4.39 Å². The van der Waals surface area contributed by atoms with Gasteiger partial charge >= 0.3 is 0 Å². The molecule has 4 rings (SSSR count). The van der Waals surface area contributed by atoms with Crippen LogP contribution in [0.1, 0.15) is 32.7 Å². The second-order valence-corrected chi connectivity index (χ2v) is 5.85. The fraction of sp³-hybridized carbons (Fsp3) is 0.312. The average Bonchev–Trinajstić information content (AvgIpc) is 3.12. The molecule has 108 valence electrons. The summed E-state index contributed by atoms with van der Waals surface area (Å²) in [6, 6.07) is 5.51. The third-order valence-electron chi connectivity index (χ3n) is 3.99. The van der Waals surface area contributed by atoms with Gasteiger partial charge in [-0.3, -0.25) is 4.68 Å². The molecule has 0 aliphatic heterocycles. The summed E-state index contributed by atoms with van der Waals surface area (Å²) in [6.45, 7) is 0.796. The van der Waals surface area contributed by atoms with Crippen LogP contribution in [0.25, 0.3) is 16.6 Å². The minimum Gasteiger partial charge on any atom is -0.308 e. The second-order valence-electron chi connectivity index (χ2n) is 5.44. The van der Waals surface area contributed by atoms with Crippen LogP contribution in [0, 0.1) is 5.82 Å². The molecule has 0 N–H and O–H groups in total. The van der Waals surface area contributed by atoms with E-state index in [0.717, 1.165) is 29.6 Å². The SMILES string of the molecule is [2H]CCn1cc(-n2c(C3CC3)cc3ccc(Cl)c(F)c32)cn1. The molecule has 0 amide bonds. The maximum atomic E-state index is 14.6. The summed E-state index contributed by atoms with van der Waals surface area (Å²) in [5.74, 6) is 0.0874. The van der Waals surface area contributed by atoms with Gasteiger partial charge in [-0.1, -0.05) is 17.7 Å². The Morgan fingerprint density at radius 1 is 1.48 bits per heavy atom. The Morgan fingerprint density at radius 3 is 3.10 bits per heavy atom. The van der Waals surface area contributed by atoms with Crippen molar-refractivity contribution in [2.45, 2.75) is 32.2 Å². The molecular weight excluding hydrogens is 289 g/mol. The number of benzene rings is 1. The molecule has 0 unspecified atom stereocenters. The molecule has 0 saturated heterocycles. The van der Waals surface area contributed by atoms with Crippen molar-refractivity contribution < 1.29 is 5.76 Å². The molecule has 0 atom stereocenters. The van der Waals surface area contributed by atoms with E-state index in [4.69, 9.17) is 13.0 Å². The highest BCUT2D eigenvalue weighted by molar-refractivity contribution is 6.31. The van der Waals surface area contributed by atoms with Crippen LogP contribution in [0.4, 0.5) is 4.39 Å². The van der Waals surface area contributed by atoms with Gasteiger partial charge in [0.1, 0.15) is 0 Å². The van der Waals surface area contributed by atoms with E-state index < -0.39 is 0 Å². The van der Waals surface area contributed by atoms with Crippen LogP contribution in [0.2, 0.25) is 5.02 Å². The number of aromatic nitrogens is 3.